The van der Waals surface area contributed by atoms with Gasteiger partial charge in [-0.1, -0.05) is 54.1 Å². The lowest BCUT2D eigenvalue weighted by Gasteiger charge is -2.09. The molecule has 5 nitrogen and oxygen atoms in total. The molecule has 2 amide bonds. The molecule has 0 unspecified atom stereocenters. The maximum absolute atomic E-state index is 12.4. The number of rotatable bonds is 6. The van der Waals surface area contributed by atoms with Gasteiger partial charge in [0.05, 0.1) is 0 Å². The zero-order chi connectivity index (χ0) is 19.9. The fourth-order valence-corrected chi connectivity index (χ4v) is 2.88. The molecule has 142 valence electrons. The molecule has 0 fully saturated rings. The quantitative estimate of drug-likeness (QED) is 0.694. The van der Waals surface area contributed by atoms with Crippen molar-refractivity contribution in [3.63, 3.8) is 0 Å². The lowest BCUT2D eigenvalue weighted by Crippen LogP contribution is -2.26. The monoisotopic (exact) mass is 373 g/mol. The summed E-state index contributed by atoms with van der Waals surface area (Å²) in [5.74, 6) is -0.548. The van der Waals surface area contributed by atoms with Gasteiger partial charge < -0.3 is 10.6 Å². The van der Waals surface area contributed by atoms with E-state index < -0.39 is 0 Å². The molecule has 3 rings (SSSR count). The van der Waals surface area contributed by atoms with E-state index in [-0.39, 0.29) is 17.5 Å². The van der Waals surface area contributed by atoms with Gasteiger partial charge in [-0.05, 0) is 42.7 Å². The summed E-state index contributed by atoms with van der Waals surface area (Å²) in [5.41, 5.74) is 4.95. The first-order valence-corrected chi connectivity index (χ1v) is 9.15. The largest absolute Gasteiger partial charge is 0.348 e. The summed E-state index contributed by atoms with van der Waals surface area (Å²) < 4.78 is 0. The Morgan fingerprint density at radius 1 is 0.857 bits per heavy atom. The highest BCUT2D eigenvalue weighted by Crippen LogP contribution is 2.08. The molecular weight excluding hydrogens is 350 g/mol. The number of carbonyl (C=O) groups is 2. The number of amides is 2. The molecule has 0 aliphatic carbocycles. The van der Waals surface area contributed by atoms with Crippen molar-refractivity contribution in [3.05, 3.63) is 100 Å². The summed E-state index contributed by atoms with van der Waals surface area (Å²) in [6, 6.07) is 18.9. The molecule has 2 N–H and O–H groups in total. The summed E-state index contributed by atoms with van der Waals surface area (Å²) >= 11 is 0. The van der Waals surface area contributed by atoms with Crippen molar-refractivity contribution in [2.45, 2.75) is 26.9 Å². The summed E-state index contributed by atoms with van der Waals surface area (Å²) in [7, 11) is 0. The molecule has 0 spiro atoms. The van der Waals surface area contributed by atoms with Crippen LogP contribution in [0.2, 0.25) is 0 Å². The molecule has 28 heavy (non-hydrogen) atoms. The van der Waals surface area contributed by atoms with Gasteiger partial charge >= 0.3 is 0 Å². The standard InChI is InChI=1S/C23H23N3O2/c1-16-6-5-8-18(12-16)14-25-22(27)19-10-11-24-21(13-19)23(28)26-15-20-9-4-3-7-17(20)2/h3-13H,14-15H2,1-2H3,(H,25,27)(H,26,28). The van der Waals surface area contributed by atoms with Crippen LogP contribution in [0.25, 0.3) is 0 Å². The number of carbonyl (C=O) groups excluding carboxylic acids is 2. The van der Waals surface area contributed by atoms with E-state index in [0.717, 1.165) is 22.3 Å². The van der Waals surface area contributed by atoms with Crippen molar-refractivity contribution >= 4 is 11.8 Å². The van der Waals surface area contributed by atoms with E-state index in [1.807, 2.05) is 62.4 Å². The van der Waals surface area contributed by atoms with Crippen molar-refractivity contribution in [1.29, 1.82) is 0 Å². The first-order valence-electron chi connectivity index (χ1n) is 9.15. The fraction of sp³-hybridized carbons (Fsp3) is 0.174. The predicted octanol–water partition coefficient (Wildman–Crippen LogP) is 3.56. The molecule has 2 aromatic carbocycles. The van der Waals surface area contributed by atoms with Gasteiger partial charge in [0, 0.05) is 24.8 Å². The van der Waals surface area contributed by atoms with E-state index in [4.69, 9.17) is 0 Å². The molecule has 5 heteroatoms. The molecule has 0 aliphatic heterocycles. The Hall–Kier alpha value is -3.47. The van der Waals surface area contributed by atoms with E-state index in [0.29, 0.717) is 18.7 Å². The van der Waals surface area contributed by atoms with E-state index in [1.165, 1.54) is 12.3 Å². The van der Waals surface area contributed by atoms with Gasteiger partial charge in [-0.2, -0.15) is 0 Å². The zero-order valence-corrected chi connectivity index (χ0v) is 16.0. The Balaban J connectivity index is 1.61. The molecule has 0 saturated carbocycles. The SMILES string of the molecule is Cc1cccc(CNC(=O)c2ccnc(C(=O)NCc3ccccc3C)c2)c1. The smallest absolute Gasteiger partial charge is 0.270 e. The predicted molar refractivity (Wildman–Crippen MR) is 109 cm³/mol. The third-order valence-corrected chi connectivity index (χ3v) is 4.49. The van der Waals surface area contributed by atoms with Gasteiger partial charge in [0.15, 0.2) is 0 Å². The molecule has 0 atom stereocenters. The van der Waals surface area contributed by atoms with Crippen LogP contribution in [0.4, 0.5) is 0 Å². The number of nitrogens with zero attached hydrogens (tertiary/aromatic N) is 1. The van der Waals surface area contributed by atoms with Crippen LogP contribution in [0.15, 0.2) is 66.9 Å². The number of benzene rings is 2. The molecule has 1 heterocycles. The summed E-state index contributed by atoms with van der Waals surface area (Å²) in [6.45, 7) is 4.85. The minimum Gasteiger partial charge on any atom is -0.348 e. The van der Waals surface area contributed by atoms with Crippen molar-refractivity contribution in [3.8, 4) is 0 Å². The van der Waals surface area contributed by atoms with Crippen LogP contribution in [0.3, 0.4) is 0 Å². The number of hydrogen-bond donors (Lipinski definition) is 2. The topological polar surface area (TPSA) is 71.1 Å². The Bertz CT molecular complexity index is 998. The first kappa shape index (κ1) is 19.3. The minimum absolute atomic E-state index is 0.219. The van der Waals surface area contributed by atoms with Crippen LogP contribution in [0.1, 0.15) is 43.1 Å². The zero-order valence-electron chi connectivity index (χ0n) is 16.0. The average molecular weight is 373 g/mol. The summed E-state index contributed by atoms with van der Waals surface area (Å²) in [4.78, 5) is 28.9. The van der Waals surface area contributed by atoms with E-state index in [9.17, 15) is 9.59 Å². The summed E-state index contributed by atoms with van der Waals surface area (Å²) in [5, 5.41) is 5.73. The molecule has 0 radical (unpaired) electrons. The van der Waals surface area contributed by atoms with Crippen LogP contribution in [0.5, 0.6) is 0 Å². The summed E-state index contributed by atoms with van der Waals surface area (Å²) in [6.07, 6.45) is 1.48. The first-order chi connectivity index (χ1) is 13.5. The van der Waals surface area contributed by atoms with Gasteiger partial charge in [-0.3, -0.25) is 14.6 Å². The van der Waals surface area contributed by atoms with Gasteiger partial charge in [0.1, 0.15) is 5.69 Å². The number of pyridine rings is 1. The van der Waals surface area contributed by atoms with Crippen LogP contribution in [-0.4, -0.2) is 16.8 Å². The van der Waals surface area contributed by atoms with Gasteiger partial charge in [-0.25, -0.2) is 0 Å². The minimum atomic E-state index is -0.309. The molecular formula is C23H23N3O2. The van der Waals surface area contributed by atoms with Crippen LogP contribution >= 0.6 is 0 Å². The van der Waals surface area contributed by atoms with E-state index in [1.54, 1.807) is 6.07 Å². The Morgan fingerprint density at radius 3 is 2.43 bits per heavy atom. The maximum atomic E-state index is 12.4. The lowest BCUT2D eigenvalue weighted by atomic mass is 10.1. The second-order valence-electron chi connectivity index (χ2n) is 6.71. The number of hydrogen-bond acceptors (Lipinski definition) is 3. The van der Waals surface area contributed by atoms with E-state index in [2.05, 4.69) is 15.6 Å². The van der Waals surface area contributed by atoms with E-state index >= 15 is 0 Å². The highest BCUT2D eigenvalue weighted by atomic mass is 16.2. The van der Waals surface area contributed by atoms with Crippen LogP contribution < -0.4 is 10.6 Å². The van der Waals surface area contributed by atoms with Crippen molar-refractivity contribution in [2.75, 3.05) is 0 Å². The van der Waals surface area contributed by atoms with Crippen molar-refractivity contribution in [2.24, 2.45) is 0 Å². The third kappa shape index (κ3) is 5.04. The fourth-order valence-electron chi connectivity index (χ4n) is 2.88. The number of aryl methyl sites for hydroxylation is 2. The Kier molecular flexibility index (Phi) is 6.17. The van der Waals surface area contributed by atoms with Crippen LogP contribution in [-0.2, 0) is 13.1 Å². The number of aromatic nitrogens is 1. The van der Waals surface area contributed by atoms with Gasteiger partial charge in [0.2, 0.25) is 0 Å². The number of nitrogens with one attached hydrogen (secondary N) is 2. The Morgan fingerprint density at radius 2 is 1.64 bits per heavy atom. The molecule has 0 aliphatic rings. The van der Waals surface area contributed by atoms with Gasteiger partial charge in [-0.15, -0.1) is 0 Å². The average Bonchev–Trinajstić information content (AvgIpc) is 2.71. The van der Waals surface area contributed by atoms with Gasteiger partial charge in [0.25, 0.3) is 11.8 Å². The second-order valence-corrected chi connectivity index (χ2v) is 6.71. The second kappa shape index (κ2) is 8.95. The Labute approximate surface area is 164 Å². The third-order valence-electron chi connectivity index (χ3n) is 4.49. The maximum Gasteiger partial charge on any atom is 0.270 e. The highest BCUT2D eigenvalue weighted by molar-refractivity contribution is 5.98. The van der Waals surface area contributed by atoms with Crippen molar-refractivity contribution in [1.82, 2.24) is 15.6 Å². The molecule has 0 bridgehead atoms. The highest BCUT2D eigenvalue weighted by Gasteiger charge is 2.12. The molecule has 3 aromatic rings. The van der Waals surface area contributed by atoms with Crippen LogP contribution in [0, 0.1) is 13.8 Å². The normalized spacial score (nSPS) is 10.4. The lowest BCUT2D eigenvalue weighted by molar-refractivity contribution is 0.0946. The molecule has 0 saturated heterocycles. The van der Waals surface area contributed by atoms with Crippen molar-refractivity contribution < 1.29 is 9.59 Å². The molecule has 1 aromatic heterocycles.